The first-order valence-electron chi connectivity index (χ1n) is 8.25. The average molecular weight is 315 g/mol. The van der Waals surface area contributed by atoms with Gasteiger partial charge in [-0.3, -0.25) is 4.79 Å². The number of carbonyl (C=O) groups is 1. The number of benzene rings is 3. The SMILES string of the molecule is O=C(NCC(Cc1ccccc1)c1ccccc1)c1ccccc1. The Bertz CT molecular complexity index is 754. The standard InChI is InChI=1S/C22H21NO/c24-22(20-14-8-3-9-15-20)23-17-21(19-12-6-2-7-13-19)16-18-10-4-1-5-11-18/h1-15,21H,16-17H2,(H,23,24). The van der Waals surface area contributed by atoms with Crippen LogP contribution < -0.4 is 5.32 Å². The summed E-state index contributed by atoms with van der Waals surface area (Å²) in [5.41, 5.74) is 3.22. The van der Waals surface area contributed by atoms with Crippen LogP contribution >= 0.6 is 0 Å². The molecule has 0 radical (unpaired) electrons. The van der Waals surface area contributed by atoms with Crippen LogP contribution in [0.15, 0.2) is 91.0 Å². The van der Waals surface area contributed by atoms with Crippen LogP contribution in [0.3, 0.4) is 0 Å². The summed E-state index contributed by atoms with van der Waals surface area (Å²) in [6.45, 7) is 0.618. The Kier molecular flexibility index (Phi) is 5.41. The smallest absolute Gasteiger partial charge is 0.251 e. The highest BCUT2D eigenvalue weighted by Gasteiger charge is 2.14. The summed E-state index contributed by atoms with van der Waals surface area (Å²) in [6, 6.07) is 30.1. The molecule has 0 spiro atoms. The van der Waals surface area contributed by atoms with Crippen LogP contribution in [-0.2, 0) is 6.42 Å². The Balaban J connectivity index is 1.72. The highest BCUT2D eigenvalue weighted by atomic mass is 16.1. The van der Waals surface area contributed by atoms with Gasteiger partial charge in [-0.25, -0.2) is 0 Å². The first kappa shape index (κ1) is 16.0. The van der Waals surface area contributed by atoms with Crippen molar-refractivity contribution in [1.82, 2.24) is 5.32 Å². The van der Waals surface area contributed by atoms with Gasteiger partial charge in [0.2, 0.25) is 0 Å². The fraction of sp³-hybridized carbons (Fsp3) is 0.136. The minimum Gasteiger partial charge on any atom is -0.351 e. The molecule has 1 N–H and O–H groups in total. The molecular weight excluding hydrogens is 294 g/mol. The maximum absolute atomic E-state index is 12.3. The Morgan fingerprint density at radius 1 is 0.750 bits per heavy atom. The summed E-state index contributed by atoms with van der Waals surface area (Å²) < 4.78 is 0. The molecule has 1 unspecified atom stereocenters. The van der Waals surface area contributed by atoms with E-state index in [1.54, 1.807) is 0 Å². The number of amides is 1. The van der Waals surface area contributed by atoms with E-state index in [1.807, 2.05) is 54.6 Å². The number of hydrogen-bond donors (Lipinski definition) is 1. The van der Waals surface area contributed by atoms with Gasteiger partial charge in [0.05, 0.1) is 0 Å². The molecule has 120 valence electrons. The third kappa shape index (κ3) is 4.32. The molecule has 0 fully saturated rings. The minimum absolute atomic E-state index is 0.0235. The molecule has 0 saturated carbocycles. The van der Waals surface area contributed by atoms with Crippen molar-refractivity contribution in [3.63, 3.8) is 0 Å². The molecule has 0 aliphatic heterocycles. The van der Waals surface area contributed by atoms with Crippen molar-refractivity contribution in [2.75, 3.05) is 6.54 Å². The van der Waals surface area contributed by atoms with Gasteiger partial charge >= 0.3 is 0 Å². The lowest BCUT2D eigenvalue weighted by molar-refractivity contribution is 0.0951. The van der Waals surface area contributed by atoms with Crippen molar-refractivity contribution in [2.45, 2.75) is 12.3 Å². The van der Waals surface area contributed by atoms with Gasteiger partial charge < -0.3 is 5.32 Å². The summed E-state index contributed by atoms with van der Waals surface area (Å²) in [4.78, 5) is 12.3. The summed E-state index contributed by atoms with van der Waals surface area (Å²) >= 11 is 0. The van der Waals surface area contributed by atoms with E-state index in [9.17, 15) is 4.79 Å². The van der Waals surface area contributed by atoms with Crippen LogP contribution in [0.1, 0.15) is 27.4 Å². The number of carbonyl (C=O) groups excluding carboxylic acids is 1. The van der Waals surface area contributed by atoms with Crippen molar-refractivity contribution in [1.29, 1.82) is 0 Å². The molecule has 0 heterocycles. The molecule has 24 heavy (non-hydrogen) atoms. The number of hydrogen-bond acceptors (Lipinski definition) is 1. The molecule has 2 nitrogen and oxygen atoms in total. The second kappa shape index (κ2) is 8.11. The van der Waals surface area contributed by atoms with E-state index in [1.165, 1.54) is 11.1 Å². The molecule has 3 rings (SSSR count). The van der Waals surface area contributed by atoms with Crippen LogP contribution in [0.5, 0.6) is 0 Å². The van der Waals surface area contributed by atoms with Gasteiger partial charge in [0, 0.05) is 18.0 Å². The average Bonchev–Trinajstić information content (AvgIpc) is 2.67. The Morgan fingerprint density at radius 2 is 1.29 bits per heavy atom. The van der Waals surface area contributed by atoms with Gasteiger partial charge in [0.15, 0.2) is 0 Å². The van der Waals surface area contributed by atoms with E-state index in [4.69, 9.17) is 0 Å². The van der Waals surface area contributed by atoms with Crippen LogP contribution in [-0.4, -0.2) is 12.5 Å². The van der Waals surface area contributed by atoms with Crippen molar-refractivity contribution >= 4 is 5.91 Å². The zero-order chi connectivity index (χ0) is 16.6. The summed E-state index contributed by atoms with van der Waals surface area (Å²) in [5, 5.41) is 3.08. The van der Waals surface area contributed by atoms with Gasteiger partial charge in [-0.05, 0) is 29.7 Å². The molecule has 2 heteroatoms. The van der Waals surface area contributed by atoms with E-state index < -0.39 is 0 Å². The van der Waals surface area contributed by atoms with Crippen LogP contribution in [0.4, 0.5) is 0 Å². The van der Waals surface area contributed by atoms with E-state index >= 15 is 0 Å². The zero-order valence-corrected chi connectivity index (χ0v) is 13.6. The first-order valence-corrected chi connectivity index (χ1v) is 8.25. The van der Waals surface area contributed by atoms with Crippen molar-refractivity contribution in [2.24, 2.45) is 0 Å². The highest BCUT2D eigenvalue weighted by molar-refractivity contribution is 5.94. The molecule has 3 aromatic carbocycles. The second-order valence-corrected chi connectivity index (χ2v) is 5.87. The highest BCUT2D eigenvalue weighted by Crippen LogP contribution is 2.20. The zero-order valence-electron chi connectivity index (χ0n) is 13.6. The fourth-order valence-corrected chi connectivity index (χ4v) is 2.84. The van der Waals surface area contributed by atoms with E-state index in [0.717, 1.165) is 6.42 Å². The Morgan fingerprint density at radius 3 is 1.92 bits per heavy atom. The fourth-order valence-electron chi connectivity index (χ4n) is 2.84. The summed E-state index contributed by atoms with van der Waals surface area (Å²) in [7, 11) is 0. The maximum Gasteiger partial charge on any atom is 0.251 e. The third-order valence-electron chi connectivity index (χ3n) is 4.14. The molecule has 0 bridgehead atoms. The summed E-state index contributed by atoms with van der Waals surface area (Å²) in [6.07, 6.45) is 0.903. The van der Waals surface area contributed by atoms with Crippen LogP contribution in [0.25, 0.3) is 0 Å². The summed E-state index contributed by atoms with van der Waals surface area (Å²) in [5.74, 6) is 0.228. The maximum atomic E-state index is 12.3. The molecule has 3 aromatic rings. The van der Waals surface area contributed by atoms with Crippen LogP contribution in [0.2, 0.25) is 0 Å². The lowest BCUT2D eigenvalue weighted by Crippen LogP contribution is -2.29. The van der Waals surface area contributed by atoms with Gasteiger partial charge in [0.25, 0.3) is 5.91 Å². The lowest BCUT2D eigenvalue weighted by atomic mass is 9.92. The Hall–Kier alpha value is -2.87. The number of nitrogens with one attached hydrogen (secondary N) is 1. The molecule has 0 saturated heterocycles. The van der Waals surface area contributed by atoms with Gasteiger partial charge in [-0.15, -0.1) is 0 Å². The number of rotatable bonds is 6. The normalized spacial score (nSPS) is 11.7. The Labute approximate surface area is 143 Å². The van der Waals surface area contributed by atoms with Gasteiger partial charge in [-0.1, -0.05) is 78.9 Å². The molecule has 0 aliphatic carbocycles. The van der Waals surface area contributed by atoms with Crippen molar-refractivity contribution in [3.05, 3.63) is 108 Å². The lowest BCUT2D eigenvalue weighted by Gasteiger charge is -2.18. The van der Waals surface area contributed by atoms with Gasteiger partial charge in [-0.2, -0.15) is 0 Å². The quantitative estimate of drug-likeness (QED) is 0.716. The monoisotopic (exact) mass is 315 g/mol. The molecule has 0 aromatic heterocycles. The second-order valence-electron chi connectivity index (χ2n) is 5.87. The molecule has 0 aliphatic rings. The van der Waals surface area contributed by atoms with Crippen molar-refractivity contribution < 1.29 is 4.79 Å². The third-order valence-corrected chi connectivity index (χ3v) is 4.14. The predicted molar refractivity (Wildman–Crippen MR) is 98.1 cm³/mol. The van der Waals surface area contributed by atoms with Crippen molar-refractivity contribution in [3.8, 4) is 0 Å². The van der Waals surface area contributed by atoms with Crippen LogP contribution in [0, 0.1) is 0 Å². The van der Waals surface area contributed by atoms with Gasteiger partial charge in [0.1, 0.15) is 0 Å². The van der Waals surface area contributed by atoms with E-state index in [-0.39, 0.29) is 11.8 Å². The topological polar surface area (TPSA) is 29.1 Å². The molecule has 1 amide bonds. The first-order chi connectivity index (χ1) is 11.8. The largest absolute Gasteiger partial charge is 0.351 e. The molecule has 1 atom stereocenters. The van der Waals surface area contributed by atoms with E-state index in [2.05, 4.69) is 41.7 Å². The minimum atomic E-state index is -0.0235. The predicted octanol–water partition coefficient (Wildman–Crippen LogP) is 4.44. The molecular formula is C22H21NO. The van der Waals surface area contributed by atoms with E-state index in [0.29, 0.717) is 12.1 Å².